The minimum absolute atomic E-state index is 0. The van der Waals surface area contributed by atoms with Crippen LogP contribution in [-0.4, -0.2) is 0 Å². The summed E-state index contributed by atoms with van der Waals surface area (Å²) in [6, 6.07) is 0. The molecule has 0 aromatic carbocycles. The first-order valence-electron chi connectivity index (χ1n) is 1.89. The molecule has 0 aliphatic carbocycles. The molecule has 0 fully saturated rings. The van der Waals surface area contributed by atoms with Crippen LogP contribution in [0.15, 0.2) is 13.6 Å². The Bertz CT molecular complexity index is 234. The minimum Gasteiger partial charge on any atom is -0.570 e. The van der Waals surface area contributed by atoms with Gasteiger partial charge in [0.15, 0.2) is 0 Å². The van der Waals surface area contributed by atoms with Crippen molar-refractivity contribution in [2.24, 2.45) is 0 Å². The van der Waals surface area contributed by atoms with Crippen LogP contribution in [0.5, 0.6) is 0 Å². The summed E-state index contributed by atoms with van der Waals surface area (Å²) in [5, 5.41) is 0. The Labute approximate surface area is 85.1 Å². The molecular formula is C5H2CeO3-2. The molecule has 0 radical (unpaired) electrons. The van der Waals surface area contributed by atoms with Crippen molar-refractivity contribution in [3.05, 3.63) is 29.2 Å². The quantitative estimate of drug-likeness (QED) is 0.681. The second kappa shape index (κ2) is 4.02. The van der Waals surface area contributed by atoms with Gasteiger partial charge in [-0.1, -0.05) is 6.26 Å². The third-order valence-corrected chi connectivity index (χ3v) is 0.580. The number of hydrogen-bond donors (Lipinski definition) is 0. The van der Waals surface area contributed by atoms with Gasteiger partial charge in [0.05, 0.1) is 0 Å². The molecule has 1 aromatic rings. The summed E-state index contributed by atoms with van der Waals surface area (Å²) in [5.41, 5.74) is 0. The first-order valence-corrected chi connectivity index (χ1v) is 1.89. The van der Waals surface area contributed by atoms with Crippen LogP contribution in [0.2, 0.25) is 0 Å². The Morgan fingerprint density at radius 3 is 2.56 bits per heavy atom. The summed E-state index contributed by atoms with van der Waals surface area (Å²) in [6.45, 7) is 4.91. The fourth-order valence-corrected chi connectivity index (χ4v) is 0.291. The van der Waals surface area contributed by atoms with Gasteiger partial charge < -0.3 is 15.4 Å². The fraction of sp³-hybridized carbons (Fsp3) is 0. The molecule has 0 unspecified atom stereocenters. The predicted octanol–water partition coefficient (Wildman–Crippen LogP) is 0.479. The maximum Gasteiger partial charge on any atom is 0.386 e. The molecule has 1 aromatic heterocycles. The van der Waals surface area contributed by atoms with Crippen molar-refractivity contribution in [2.75, 3.05) is 0 Å². The van der Waals surface area contributed by atoms with E-state index in [-0.39, 0.29) is 47.5 Å². The normalized spacial score (nSPS) is 8.00. The van der Waals surface area contributed by atoms with Crippen LogP contribution in [0.25, 0.3) is 6.08 Å². The van der Waals surface area contributed by atoms with Gasteiger partial charge in [0.2, 0.25) is 0 Å². The molecule has 0 spiro atoms. The van der Waals surface area contributed by atoms with E-state index in [0.29, 0.717) is 0 Å². The molecule has 0 aliphatic rings. The summed E-state index contributed by atoms with van der Waals surface area (Å²) >= 11 is 0. The largest absolute Gasteiger partial charge is 0.570 e. The first-order chi connectivity index (χ1) is 3.83. The summed E-state index contributed by atoms with van der Waals surface area (Å²) in [7, 11) is 0. The van der Waals surface area contributed by atoms with Crippen molar-refractivity contribution in [3.8, 4) is 0 Å². The summed E-state index contributed by atoms with van der Waals surface area (Å²) in [5.74, 6) is -0.670. The van der Waals surface area contributed by atoms with Gasteiger partial charge in [-0.3, -0.25) is 10.9 Å². The van der Waals surface area contributed by atoms with Gasteiger partial charge in [0, 0.05) is 41.7 Å². The Morgan fingerprint density at radius 1 is 1.67 bits per heavy atom. The zero-order valence-corrected chi connectivity index (χ0v) is 7.52. The molecule has 0 atom stereocenters. The molecule has 0 saturated heterocycles. The van der Waals surface area contributed by atoms with Crippen molar-refractivity contribution in [3.63, 3.8) is 0 Å². The zero-order valence-electron chi connectivity index (χ0n) is 4.38. The van der Waals surface area contributed by atoms with Crippen LogP contribution >= 0.6 is 0 Å². The molecule has 9 heavy (non-hydrogen) atoms. The average molecular weight is 250 g/mol. The maximum atomic E-state index is 10.0. The molecule has 0 bridgehead atoms. The van der Waals surface area contributed by atoms with Gasteiger partial charge in [-0.05, 0) is 0 Å². The van der Waals surface area contributed by atoms with Gasteiger partial charge in [-0.15, -0.1) is 5.76 Å². The molecular weight excluding hydrogens is 248 g/mol. The van der Waals surface area contributed by atoms with E-state index in [0.717, 1.165) is 6.08 Å². The van der Waals surface area contributed by atoms with Crippen molar-refractivity contribution in [1.82, 2.24) is 0 Å². The smallest absolute Gasteiger partial charge is 0.386 e. The van der Waals surface area contributed by atoms with Crippen LogP contribution < -0.4 is 5.82 Å². The van der Waals surface area contributed by atoms with E-state index in [1.807, 2.05) is 0 Å². The van der Waals surface area contributed by atoms with Gasteiger partial charge in [-0.25, -0.2) is 0 Å². The minimum atomic E-state index is -0.790. The zero-order chi connectivity index (χ0) is 5.98. The SMILES string of the molecule is [CH-]=Cc1[c-]oc(=O)o1.[Ce]. The fourth-order valence-electron chi connectivity index (χ4n) is 0.291. The molecule has 4 heteroatoms. The van der Waals surface area contributed by atoms with Gasteiger partial charge in [0.1, 0.15) is 0 Å². The van der Waals surface area contributed by atoms with Crippen molar-refractivity contribution in [1.29, 1.82) is 0 Å². The standard InChI is InChI=1S/C5H2O3.Ce/c1-2-4-3-7-5(6)8-4;/h1-2H;/q-2;. The Morgan fingerprint density at radius 2 is 2.33 bits per heavy atom. The summed E-state index contributed by atoms with van der Waals surface area (Å²) < 4.78 is 8.37. The predicted molar refractivity (Wildman–Crippen MR) is 24.8 cm³/mol. The first kappa shape index (κ1) is 9.13. The average Bonchev–Trinajstić information content (AvgIpc) is 2.14. The second-order valence-electron chi connectivity index (χ2n) is 1.09. The molecule has 46 valence electrons. The van der Waals surface area contributed by atoms with Gasteiger partial charge >= 0.3 is 5.82 Å². The van der Waals surface area contributed by atoms with E-state index in [1.165, 1.54) is 0 Å². The van der Waals surface area contributed by atoms with Crippen LogP contribution in [0.3, 0.4) is 0 Å². The molecule has 1 rings (SSSR count). The van der Waals surface area contributed by atoms with E-state index >= 15 is 0 Å². The topological polar surface area (TPSA) is 43.4 Å². The summed E-state index contributed by atoms with van der Waals surface area (Å²) in [4.78, 5) is 10.0. The van der Waals surface area contributed by atoms with Crippen LogP contribution in [0.1, 0.15) is 5.76 Å². The monoisotopic (exact) mass is 250 g/mol. The van der Waals surface area contributed by atoms with E-state index in [2.05, 4.69) is 15.1 Å². The molecule has 3 nitrogen and oxygen atoms in total. The van der Waals surface area contributed by atoms with Crippen molar-refractivity contribution in [2.45, 2.75) is 0 Å². The van der Waals surface area contributed by atoms with E-state index < -0.39 is 5.82 Å². The third kappa shape index (κ3) is 2.46. The van der Waals surface area contributed by atoms with E-state index in [4.69, 9.17) is 6.58 Å². The molecule has 0 aliphatic heterocycles. The number of rotatable bonds is 1. The van der Waals surface area contributed by atoms with Crippen LogP contribution in [-0.2, 0) is 0 Å². The third-order valence-electron chi connectivity index (χ3n) is 0.580. The van der Waals surface area contributed by atoms with Gasteiger partial charge in [-0.2, -0.15) is 0 Å². The molecule has 0 saturated carbocycles. The Hall–Kier alpha value is 0.127. The Balaban J connectivity index is 0.000000640. The van der Waals surface area contributed by atoms with Crippen LogP contribution in [0, 0.1) is 54.6 Å². The molecule has 0 amide bonds. The van der Waals surface area contributed by atoms with Crippen LogP contribution in [0.4, 0.5) is 0 Å². The number of hydrogen-bond acceptors (Lipinski definition) is 3. The van der Waals surface area contributed by atoms with Crippen molar-refractivity contribution < 1.29 is 50.6 Å². The second-order valence-corrected chi connectivity index (χ2v) is 1.09. The maximum absolute atomic E-state index is 10.0. The molecule has 0 N–H and O–H groups in total. The van der Waals surface area contributed by atoms with Crippen molar-refractivity contribution >= 4 is 6.08 Å². The summed E-state index contributed by atoms with van der Waals surface area (Å²) in [6.07, 6.45) is 3.21. The van der Waals surface area contributed by atoms with E-state index in [9.17, 15) is 4.79 Å². The van der Waals surface area contributed by atoms with Gasteiger partial charge in [0.25, 0.3) is 0 Å². The molecule has 1 heterocycles. The Kier molecular flexibility index (Phi) is 4.08. The van der Waals surface area contributed by atoms with E-state index in [1.54, 1.807) is 0 Å².